The summed E-state index contributed by atoms with van der Waals surface area (Å²) in [4.78, 5) is 0. The summed E-state index contributed by atoms with van der Waals surface area (Å²) in [5.74, 6) is 5.26. The molecule has 3 rings (SSSR count). The van der Waals surface area contributed by atoms with E-state index in [0.29, 0.717) is 24.0 Å². The van der Waals surface area contributed by atoms with Crippen LogP contribution in [0.25, 0.3) is 0 Å². The van der Waals surface area contributed by atoms with Crippen molar-refractivity contribution in [3.63, 3.8) is 0 Å². The summed E-state index contributed by atoms with van der Waals surface area (Å²) >= 11 is 0. The zero-order valence-corrected chi connectivity index (χ0v) is 25.2. The van der Waals surface area contributed by atoms with Gasteiger partial charge in [-0.05, 0) is 67.1 Å². The molecule has 192 valence electrons. The highest BCUT2D eigenvalue weighted by Gasteiger charge is 2.39. The highest BCUT2D eigenvalue weighted by molar-refractivity contribution is 7.10. The second kappa shape index (κ2) is 16.0. The minimum Gasteiger partial charge on any atom is -0.390 e. The van der Waals surface area contributed by atoms with Crippen molar-refractivity contribution in [2.45, 2.75) is 118 Å². The third-order valence-corrected chi connectivity index (χ3v) is 10.1. The first kappa shape index (κ1) is 31.2. The lowest BCUT2D eigenvalue weighted by atomic mass is 9.91. The van der Waals surface area contributed by atoms with Crippen LogP contribution in [0.15, 0.2) is 0 Å². The zero-order valence-electron chi connectivity index (χ0n) is 21.7. The summed E-state index contributed by atoms with van der Waals surface area (Å²) in [5, 5.41) is 9.62. The van der Waals surface area contributed by atoms with Gasteiger partial charge in [-0.25, -0.2) is 0 Å². The minimum absolute atomic E-state index is 0.0416. The van der Waals surface area contributed by atoms with Gasteiger partial charge in [-0.2, -0.15) is 0 Å². The largest absolute Gasteiger partial charge is 0.390 e. The van der Waals surface area contributed by atoms with E-state index in [0.717, 1.165) is 42.4 Å². The molecule has 3 saturated carbocycles. The van der Waals surface area contributed by atoms with E-state index in [9.17, 15) is 5.11 Å². The number of aliphatic hydroxyl groups excluding tert-OH is 1. The van der Waals surface area contributed by atoms with Crippen LogP contribution in [-0.4, -0.2) is 29.5 Å². The van der Waals surface area contributed by atoms with Crippen molar-refractivity contribution in [1.29, 1.82) is 0 Å². The predicted molar refractivity (Wildman–Crippen MR) is 146 cm³/mol. The van der Waals surface area contributed by atoms with Gasteiger partial charge in [-0.3, -0.25) is 0 Å². The van der Waals surface area contributed by atoms with Gasteiger partial charge in [0.05, 0.1) is 24.4 Å². The molecule has 0 aromatic carbocycles. The van der Waals surface area contributed by atoms with Gasteiger partial charge < -0.3 is 18.7 Å². The Labute approximate surface area is 206 Å². The molecule has 11 unspecified atom stereocenters. The Morgan fingerprint density at radius 2 is 1.12 bits per heavy atom. The fraction of sp³-hybridized carbons (Fsp3) is 1.00. The van der Waals surface area contributed by atoms with Gasteiger partial charge in [0.1, 0.15) is 0 Å². The third-order valence-electron chi connectivity index (χ3n) is 9.01. The van der Waals surface area contributed by atoms with E-state index in [2.05, 4.69) is 76.9 Å². The van der Waals surface area contributed by atoms with E-state index in [-0.39, 0.29) is 12.2 Å². The highest BCUT2D eigenvalue weighted by atomic mass is 31.0. The summed E-state index contributed by atoms with van der Waals surface area (Å²) in [6.07, 6.45) is 9.31. The molecule has 0 amide bonds. The molecule has 3 aliphatic carbocycles. The van der Waals surface area contributed by atoms with Crippen LogP contribution in [0.4, 0.5) is 0 Å². The maximum atomic E-state index is 9.62. The molecule has 0 aromatic heterocycles. The quantitative estimate of drug-likeness (QED) is 0.388. The molecule has 0 aliphatic heterocycles. The first-order valence-corrected chi connectivity index (χ1v) is 14.3. The minimum atomic E-state index is -0.266. The summed E-state index contributed by atoms with van der Waals surface area (Å²) in [5.41, 5.74) is 0. The first-order valence-electron chi connectivity index (χ1n) is 12.9. The summed E-state index contributed by atoms with van der Waals surface area (Å²) in [6, 6.07) is 0. The maximum Gasteiger partial charge on any atom is 0.0875 e. The van der Waals surface area contributed by atoms with Crippen molar-refractivity contribution in [2.24, 2.45) is 41.4 Å². The van der Waals surface area contributed by atoms with Gasteiger partial charge >= 0.3 is 0 Å². The maximum absolute atomic E-state index is 9.62. The van der Waals surface area contributed by atoms with Gasteiger partial charge in [-0.15, -0.1) is 0 Å². The lowest BCUT2D eigenvalue weighted by Gasteiger charge is -2.17. The topological polar surface area (TPSA) is 47.9 Å². The van der Waals surface area contributed by atoms with Gasteiger partial charge in [-0.1, -0.05) is 67.7 Å². The van der Waals surface area contributed by atoms with E-state index >= 15 is 0 Å². The van der Waals surface area contributed by atoms with E-state index < -0.39 is 0 Å². The molecule has 0 radical (unpaired) electrons. The molecule has 0 spiro atoms. The van der Waals surface area contributed by atoms with Crippen LogP contribution >= 0.6 is 28.4 Å². The zero-order chi connectivity index (χ0) is 24.4. The molecule has 0 bridgehead atoms. The molecule has 32 heavy (non-hydrogen) atoms. The van der Waals surface area contributed by atoms with Crippen LogP contribution in [0.2, 0.25) is 0 Å². The Bertz CT molecular complexity index is 432. The van der Waals surface area contributed by atoms with Crippen molar-refractivity contribution in [3.05, 3.63) is 0 Å². The van der Waals surface area contributed by atoms with Crippen LogP contribution in [0.5, 0.6) is 0 Å². The van der Waals surface area contributed by atoms with Crippen LogP contribution in [0, 0.1) is 41.4 Å². The average Bonchev–Trinajstić information content (AvgIpc) is 3.42. The Morgan fingerprint density at radius 1 is 0.625 bits per heavy atom. The molecular formula is C25H53O4P3. The molecule has 3 aliphatic rings. The van der Waals surface area contributed by atoms with Crippen molar-refractivity contribution >= 4 is 28.4 Å². The monoisotopic (exact) mass is 510 g/mol. The lowest BCUT2D eigenvalue weighted by molar-refractivity contribution is 0.0474. The molecule has 0 aromatic rings. The molecule has 14 atom stereocenters. The molecule has 1 N–H and O–H groups in total. The molecule has 0 saturated heterocycles. The van der Waals surface area contributed by atoms with E-state index in [1.165, 1.54) is 32.1 Å². The van der Waals surface area contributed by atoms with Gasteiger partial charge in [0, 0.05) is 28.4 Å². The molecular weight excluding hydrogens is 457 g/mol. The summed E-state index contributed by atoms with van der Waals surface area (Å²) in [7, 11) is 7.02. The fourth-order valence-corrected chi connectivity index (χ4v) is 6.96. The van der Waals surface area contributed by atoms with Gasteiger partial charge in [0.15, 0.2) is 0 Å². The normalized spacial score (nSPS) is 43.4. The standard InChI is InChI=1S/C9H19OP.C8H17O2P.C8H17OP/c1-4-8-5-9(10-11)7(3)6(8)2;1-3-6-4-7(10-11)8(9)5(6)2;1-3-7-5-8(9-10)4-6(7)2/h6-9H,4-5,11H2,1-3H3;5-9H,3-4,11H2,1-2H3;6-8H,3-5,10H2,1-2H3/t6?,7?,8-,9?;5?,6-,7?,8?;6?,7-,8?/m000/s1. The van der Waals surface area contributed by atoms with Gasteiger partial charge in [0.25, 0.3) is 0 Å². The Hall–Kier alpha value is 1.13. The SMILES string of the molecule is CC[C@H]1CC(OP)C(C)C1C.CC[C@H]1CC(OP)C(O)C1C.CC[C@H]1CC(OP)CC1C. The van der Waals surface area contributed by atoms with Crippen molar-refractivity contribution in [2.75, 3.05) is 0 Å². The van der Waals surface area contributed by atoms with Crippen molar-refractivity contribution < 1.29 is 18.7 Å². The number of rotatable bonds is 6. The second-order valence-corrected chi connectivity index (χ2v) is 11.4. The van der Waals surface area contributed by atoms with Crippen LogP contribution in [0.1, 0.15) is 93.4 Å². The van der Waals surface area contributed by atoms with Gasteiger partial charge in [0.2, 0.25) is 0 Å². The third kappa shape index (κ3) is 8.66. The first-order chi connectivity index (χ1) is 15.2. The predicted octanol–water partition coefficient (Wildman–Crippen LogP) is 7.07. The van der Waals surface area contributed by atoms with Crippen LogP contribution in [-0.2, 0) is 13.6 Å². The van der Waals surface area contributed by atoms with E-state index in [4.69, 9.17) is 13.6 Å². The molecule has 7 heteroatoms. The molecule has 3 fully saturated rings. The van der Waals surface area contributed by atoms with Crippen molar-refractivity contribution in [3.8, 4) is 0 Å². The number of hydrogen-bond acceptors (Lipinski definition) is 4. The smallest absolute Gasteiger partial charge is 0.0875 e. The fourth-order valence-electron chi connectivity index (χ4n) is 6.11. The average molecular weight is 511 g/mol. The molecule has 4 nitrogen and oxygen atoms in total. The van der Waals surface area contributed by atoms with E-state index in [1.54, 1.807) is 0 Å². The highest BCUT2D eigenvalue weighted by Crippen LogP contribution is 2.41. The lowest BCUT2D eigenvalue weighted by Crippen LogP contribution is -2.24. The summed E-state index contributed by atoms with van der Waals surface area (Å²) < 4.78 is 15.7. The Morgan fingerprint density at radius 3 is 1.41 bits per heavy atom. The summed E-state index contributed by atoms with van der Waals surface area (Å²) in [6.45, 7) is 15.8. The van der Waals surface area contributed by atoms with Crippen molar-refractivity contribution in [1.82, 2.24) is 0 Å². The van der Waals surface area contributed by atoms with E-state index in [1.807, 2.05) is 0 Å². The molecule has 0 heterocycles. The van der Waals surface area contributed by atoms with Crippen LogP contribution < -0.4 is 0 Å². The number of aliphatic hydroxyl groups is 1. The number of hydrogen-bond donors (Lipinski definition) is 1. The second-order valence-electron chi connectivity index (χ2n) is 10.6. The Kier molecular flexibility index (Phi) is 15.6. The Balaban J connectivity index is 0.000000240. The van der Waals surface area contributed by atoms with Crippen LogP contribution in [0.3, 0.4) is 0 Å².